The lowest BCUT2D eigenvalue weighted by molar-refractivity contribution is 0.388. The van der Waals surface area contributed by atoms with Crippen LogP contribution in [0.25, 0.3) is 0 Å². The van der Waals surface area contributed by atoms with Crippen molar-refractivity contribution in [3.8, 4) is 17.5 Å². The summed E-state index contributed by atoms with van der Waals surface area (Å²) < 4.78 is 10.5. The first-order chi connectivity index (χ1) is 7.38. The van der Waals surface area contributed by atoms with Crippen molar-refractivity contribution < 1.29 is 9.47 Å². The fourth-order valence-corrected chi connectivity index (χ4v) is 1.10. The van der Waals surface area contributed by atoms with Crippen LogP contribution in [0.2, 0.25) is 0 Å². The summed E-state index contributed by atoms with van der Waals surface area (Å²) in [5, 5.41) is 0. The summed E-state index contributed by atoms with van der Waals surface area (Å²) in [6.45, 7) is 0. The lowest BCUT2D eigenvalue weighted by Gasteiger charge is -2.04. The Morgan fingerprint density at radius 3 is 2.47 bits per heavy atom. The van der Waals surface area contributed by atoms with Crippen molar-refractivity contribution in [2.24, 2.45) is 0 Å². The van der Waals surface area contributed by atoms with Gasteiger partial charge in [-0.05, 0) is 12.1 Å². The van der Waals surface area contributed by atoms with Crippen LogP contribution in [0.5, 0.6) is 17.5 Å². The first-order valence-corrected chi connectivity index (χ1v) is 4.47. The number of aromatic nitrogens is 2. The van der Waals surface area contributed by atoms with E-state index in [1.54, 1.807) is 13.2 Å². The van der Waals surface area contributed by atoms with Crippen molar-refractivity contribution in [3.05, 3.63) is 42.7 Å². The van der Waals surface area contributed by atoms with E-state index in [2.05, 4.69) is 9.97 Å². The van der Waals surface area contributed by atoms with Gasteiger partial charge in [-0.15, -0.1) is 0 Å². The number of rotatable bonds is 3. The van der Waals surface area contributed by atoms with Crippen LogP contribution in [0.3, 0.4) is 0 Å². The smallest absolute Gasteiger partial charge is 0.226 e. The monoisotopic (exact) mass is 202 g/mol. The highest BCUT2D eigenvalue weighted by molar-refractivity contribution is 5.27. The summed E-state index contributed by atoms with van der Waals surface area (Å²) in [5.74, 6) is 1.68. The van der Waals surface area contributed by atoms with Crippen LogP contribution in [0, 0.1) is 0 Å². The second kappa shape index (κ2) is 4.41. The molecule has 0 N–H and O–H groups in total. The predicted molar refractivity (Wildman–Crippen MR) is 55.1 cm³/mol. The minimum Gasteiger partial charge on any atom is -0.481 e. The molecule has 0 saturated carbocycles. The van der Waals surface area contributed by atoms with Crippen LogP contribution in [0.15, 0.2) is 42.7 Å². The first-order valence-electron chi connectivity index (χ1n) is 4.47. The van der Waals surface area contributed by atoms with Crippen molar-refractivity contribution in [3.63, 3.8) is 0 Å². The summed E-state index contributed by atoms with van der Waals surface area (Å²) in [4.78, 5) is 7.86. The molecule has 0 amide bonds. The van der Waals surface area contributed by atoms with Gasteiger partial charge < -0.3 is 9.47 Å². The Kier molecular flexibility index (Phi) is 2.78. The molecule has 0 aliphatic carbocycles. The normalized spacial score (nSPS) is 9.67. The van der Waals surface area contributed by atoms with E-state index in [9.17, 15) is 0 Å². The summed E-state index contributed by atoms with van der Waals surface area (Å²) >= 11 is 0. The molecule has 15 heavy (non-hydrogen) atoms. The molecule has 2 rings (SSSR count). The molecule has 0 bridgehead atoms. The molecule has 2 aromatic rings. The van der Waals surface area contributed by atoms with Crippen LogP contribution < -0.4 is 9.47 Å². The van der Waals surface area contributed by atoms with Gasteiger partial charge in [0.15, 0.2) is 0 Å². The summed E-state index contributed by atoms with van der Waals surface area (Å²) in [6.07, 6.45) is 1.40. The quantitative estimate of drug-likeness (QED) is 0.765. The SMILES string of the molecule is COc1cc(Oc2ccccc2)ncn1. The Labute approximate surface area is 87.5 Å². The fourth-order valence-electron chi connectivity index (χ4n) is 1.10. The maximum atomic E-state index is 5.49. The van der Waals surface area contributed by atoms with Crippen LogP contribution in [0.1, 0.15) is 0 Å². The van der Waals surface area contributed by atoms with Gasteiger partial charge in [-0.1, -0.05) is 18.2 Å². The van der Waals surface area contributed by atoms with Gasteiger partial charge in [0.05, 0.1) is 13.2 Å². The Morgan fingerprint density at radius 2 is 1.73 bits per heavy atom. The Bertz CT molecular complexity index is 432. The largest absolute Gasteiger partial charge is 0.481 e. The molecule has 0 spiro atoms. The zero-order valence-electron chi connectivity index (χ0n) is 8.25. The van der Waals surface area contributed by atoms with Crippen LogP contribution in [0.4, 0.5) is 0 Å². The second-order valence-electron chi connectivity index (χ2n) is 2.81. The number of para-hydroxylation sites is 1. The highest BCUT2D eigenvalue weighted by atomic mass is 16.5. The highest BCUT2D eigenvalue weighted by Gasteiger charge is 2.00. The molecular weight excluding hydrogens is 192 g/mol. The van der Waals surface area contributed by atoms with E-state index in [-0.39, 0.29) is 0 Å². The maximum Gasteiger partial charge on any atom is 0.226 e. The van der Waals surface area contributed by atoms with Crippen molar-refractivity contribution in [1.82, 2.24) is 9.97 Å². The van der Waals surface area contributed by atoms with E-state index in [1.807, 2.05) is 30.3 Å². The number of ether oxygens (including phenoxy) is 2. The molecule has 0 atom stereocenters. The van der Waals surface area contributed by atoms with E-state index >= 15 is 0 Å². The number of nitrogens with zero attached hydrogens (tertiary/aromatic N) is 2. The van der Waals surface area contributed by atoms with Gasteiger partial charge in [0.2, 0.25) is 11.8 Å². The van der Waals surface area contributed by atoms with E-state index in [0.717, 1.165) is 5.75 Å². The Balaban J connectivity index is 2.17. The highest BCUT2D eigenvalue weighted by Crippen LogP contribution is 2.20. The molecule has 0 unspecified atom stereocenters. The molecule has 76 valence electrons. The summed E-state index contributed by atoms with van der Waals surface area (Å²) in [7, 11) is 1.55. The average Bonchev–Trinajstić information content (AvgIpc) is 2.31. The van der Waals surface area contributed by atoms with Gasteiger partial charge in [-0.3, -0.25) is 0 Å². The lowest BCUT2D eigenvalue weighted by atomic mass is 10.3. The van der Waals surface area contributed by atoms with Crippen molar-refractivity contribution >= 4 is 0 Å². The zero-order valence-corrected chi connectivity index (χ0v) is 8.25. The van der Waals surface area contributed by atoms with E-state index in [0.29, 0.717) is 11.8 Å². The standard InChI is InChI=1S/C11H10N2O2/c1-14-10-7-11(13-8-12-10)15-9-5-3-2-4-6-9/h2-8H,1H3. The number of hydrogen-bond donors (Lipinski definition) is 0. The molecule has 0 radical (unpaired) electrons. The molecular formula is C11H10N2O2. The number of benzene rings is 1. The van der Waals surface area contributed by atoms with Gasteiger partial charge in [-0.2, -0.15) is 0 Å². The average molecular weight is 202 g/mol. The molecule has 1 aromatic carbocycles. The predicted octanol–water partition coefficient (Wildman–Crippen LogP) is 2.28. The van der Waals surface area contributed by atoms with Crippen molar-refractivity contribution in [2.75, 3.05) is 7.11 Å². The first kappa shape index (κ1) is 9.45. The summed E-state index contributed by atoms with van der Waals surface area (Å²) in [5.41, 5.74) is 0. The molecule has 1 aromatic heterocycles. The van der Waals surface area contributed by atoms with Gasteiger partial charge in [0, 0.05) is 0 Å². The molecule has 1 heterocycles. The molecule has 4 heteroatoms. The van der Waals surface area contributed by atoms with Gasteiger partial charge in [0.25, 0.3) is 0 Å². The van der Waals surface area contributed by atoms with E-state index in [4.69, 9.17) is 9.47 Å². The Hall–Kier alpha value is -2.10. The van der Waals surface area contributed by atoms with Crippen molar-refractivity contribution in [2.45, 2.75) is 0 Å². The second-order valence-corrected chi connectivity index (χ2v) is 2.81. The van der Waals surface area contributed by atoms with E-state index < -0.39 is 0 Å². The van der Waals surface area contributed by atoms with Gasteiger partial charge >= 0.3 is 0 Å². The van der Waals surface area contributed by atoms with Gasteiger partial charge in [-0.25, -0.2) is 9.97 Å². The van der Waals surface area contributed by atoms with Crippen LogP contribution in [-0.2, 0) is 0 Å². The maximum absolute atomic E-state index is 5.49. The van der Waals surface area contributed by atoms with E-state index in [1.165, 1.54) is 6.33 Å². The number of methoxy groups -OCH3 is 1. The molecule has 0 fully saturated rings. The minimum absolute atomic E-state index is 0.466. The minimum atomic E-state index is 0.466. The van der Waals surface area contributed by atoms with Gasteiger partial charge in [0.1, 0.15) is 12.1 Å². The lowest BCUT2D eigenvalue weighted by Crippen LogP contribution is -1.91. The fraction of sp³-hybridized carbons (Fsp3) is 0.0909. The zero-order chi connectivity index (χ0) is 10.5. The third-order valence-electron chi connectivity index (χ3n) is 1.79. The number of hydrogen-bond acceptors (Lipinski definition) is 4. The van der Waals surface area contributed by atoms with Crippen LogP contribution in [-0.4, -0.2) is 17.1 Å². The molecule has 4 nitrogen and oxygen atoms in total. The van der Waals surface area contributed by atoms with Crippen LogP contribution >= 0.6 is 0 Å². The summed E-state index contributed by atoms with van der Waals surface area (Å²) in [6, 6.07) is 11.1. The molecule has 0 saturated heterocycles. The topological polar surface area (TPSA) is 44.2 Å². The third-order valence-corrected chi connectivity index (χ3v) is 1.79. The van der Waals surface area contributed by atoms with Crippen molar-refractivity contribution in [1.29, 1.82) is 0 Å². The Morgan fingerprint density at radius 1 is 1.00 bits per heavy atom. The third kappa shape index (κ3) is 2.43. The molecule has 0 aliphatic heterocycles. The molecule has 0 aliphatic rings.